The molecule has 0 fully saturated rings. The summed E-state index contributed by atoms with van der Waals surface area (Å²) in [6.07, 6.45) is -1.44. The molecule has 0 aromatic heterocycles. The van der Waals surface area contributed by atoms with E-state index in [2.05, 4.69) is 5.32 Å². The van der Waals surface area contributed by atoms with Crippen LogP contribution in [0.2, 0.25) is 0 Å². The van der Waals surface area contributed by atoms with E-state index in [-0.39, 0.29) is 18.9 Å². The Morgan fingerprint density at radius 1 is 1.25 bits per heavy atom. The molecule has 0 aliphatic rings. The molecule has 1 unspecified atom stereocenters. The average Bonchev–Trinajstić information content (AvgIpc) is 2.26. The van der Waals surface area contributed by atoms with Crippen LogP contribution in [0.1, 0.15) is 16.8 Å². The highest BCUT2D eigenvalue weighted by Gasteiger charge is 2.11. The van der Waals surface area contributed by atoms with Crippen molar-refractivity contribution < 1.29 is 19.8 Å². The number of nitrogens with one attached hydrogen (secondary N) is 1. The Balaban J connectivity index is 2.39. The second kappa shape index (κ2) is 5.87. The lowest BCUT2D eigenvalue weighted by atomic mass is 10.2. The second-order valence-electron chi connectivity index (χ2n) is 3.33. The number of hydrogen-bond acceptors (Lipinski definition) is 3. The highest BCUT2D eigenvalue weighted by Crippen LogP contribution is 1.98. The third-order valence-corrected chi connectivity index (χ3v) is 1.94. The number of rotatable bonds is 5. The first-order valence-corrected chi connectivity index (χ1v) is 4.82. The molecular formula is C11H13NO4. The molecule has 1 amide bonds. The smallest absolute Gasteiger partial charge is 0.306 e. The number of benzene rings is 1. The Kier molecular flexibility index (Phi) is 4.47. The minimum absolute atomic E-state index is 0.0694. The highest BCUT2D eigenvalue weighted by atomic mass is 16.4. The van der Waals surface area contributed by atoms with E-state index >= 15 is 0 Å². The topological polar surface area (TPSA) is 86.6 Å². The number of aliphatic hydroxyl groups excluding tert-OH is 1. The Bertz CT molecular complexity index is 364. The first-order valence-electron chi connectivity index (χ1n) is 4.82. The SMILES string of the molecule is O=C(O)CC(O)CNC(=O)c1ccccc1. The maximum atomic E-state index is 11.5. The molecule has 0 bridgehead atoms. The van der Waals surface area contributed by atoms with Crippen molar-refractivity contribution in [2.75, 3.05) is 6.54 Å². The summed E-state index contributed by atoms with van der Waals surface area (Å²) in [4.78, 5) is 21.7. The molecule has 0 saturated heterocycles. The van der Waals surface area contributed by atoms with Crippen LogP contribution >= 0.6 is 0 Å². The number of amides is 1. The van der Waals surface area contributed by atoms with Gasteiger partial charge in [0.2, 0.25) is 0 Å². The zero-order chi connectivity index (χ0) is 12.0. The van der Waals surface area contributed by atoms with Crippen LogP contribution in [0, 0.1) is 0 Å². The van der Waals surface area contributed by atoms with Crippen molar-refractivity contribution in [3.8, 4) is 0 Å². The van der Waals surface area contributed by atoms with E-state index in [1.165, 1.54) is 0 Å². The van der Waals surface area contributed by atoms with Gasteiger partial charge in [0.15, 0.2) is 0 Å². The lowest BCUT2D eigenvalue weighted by molar-refractivity contribution is -0.139. The number of aliphatic hydroxyl groups is 1. The van der Waals surface area contributed by atoms with Crippen LogP contribution in [-0.2, 0) is 4.79 Å². The molecule has 0 aliphatic carbocycles. The van der Waals surface area contributed by atoms with Gasteiger partial charge in [0.1, 0.15) is 0 Å². The summed E-state index contributed by atoms with van der Waals surface area (Å²) in [5, 5.41) is 20.1. The number of aliphatic carboxylic acids is 1. The van der Waals surface area contributed by atoms with Gasteiger partial charge < -0.3 is 15.5 Å². The van der Waals surface area contributed by atoms with Crippen LogP contribution in [0.4, 0.5) is 0 Å². The van der Waals surface area contributed by atoms with Crippen molar-refractivity contribution in [2.45, 2.75) is 12.5 Å². The normalized spacial score (nSPS) is 11.8. The van der Waals surface area contributed by atoms with Gasteiger partial charge in [0.25, 0.3) is 5.91 Å². The van der Waals surface area contributed by atoms with E-state index in [1.807, 2.05) is 0 Å². The van der Waals surface area contributed by atoms with Crippen LogP contribution in [0.25, 0.3) is 0 Å². The number of carbonyl (C=O) groups excluding carboxylic acids is 1. The lowest BCUT2D eigenvalue weighted by Crippen LogP contribution is -2.33. The second-order valence-corrected chi connectivity index (χ2v) is 3.33. The summed E-state index contributed by atoms with van der Waals surface area (Å²) < 4.78 is 0. The monoisotopic (exact) mass is 223 g/mol. The zero-order valence-electron chi connectivity index (χ0n) is 8.59. The predicted octanol–water partition coefficient (Wildman–Crippen LogP) is 0.252. The fraction of sp³-hybridized carbons (Fsp3) is 0.273. The van der Waals surface area contributed by atoms with Crippen LogP contribution < -0.4 is 5.32 Å². The van der Waals surface area contributed by atoms with Crippen molar-refractivity contribution in [3.63, 3.8) is 0 Å². The molecule has 1 aromatic carbocycles. The maximum absolute atomic E-state index is 11.5. The van der Waals surface area contributed by atoms with Gasteiger partial charge in [0.05, 0.1) is 12.5 Å². The van der Waals surface area contributed by atoms with Crippen molar-refractivity contribution in [1.29, 1.82) is 0 Å². The minimum Gasteiger partial charge on any atom is -0.481 e. The molecule has 0 heterocycles. The largest absolute Gasteiger partial charge is 0.481 e. The molecule has 1 rings (SSSR count). The molecule has 5 heteroatoms. The van der Waals surface area contributed by atoms with E-state index in [9.17, 15) is 14.7 Å². The predicted molar refractivity (Wildman–Crippen MR) is 57.0 cm³/mol. The summed E-state index contributed by atoms with van der Waals surface area (Å²) in [5.41, 5.74) is 0.477. The van der Waals surface area contributed by atoms with Gasteiger partial charge in [0, 0.05) is 12.1 Å². The van der Waals surface area contributed by atoms with E-state index in [0.29, 0.717) is 5.56 Å². The molecule has 3 N–H and O–H groups in total. The van der Waals surface area contributed by atoms with Crippen molar-refractivity contribution in [3.05, 3.63) is 35.9 Å². The first-order chi connectivity index (χ1) is 7.59. The van der Waals surface area contributed by atoms with Gasteiger partial charge in [-0.05, 0) is 12.1 Å². The van der Waals surface area contributed by atoms with Gasteiger partial charge in [-0.3, -0.25) is 9.59 Å². The molecule has 5 nitrogen and oxygen atoms in total. The van der Waals surface area contributed by atoms with Crippen molar-refractivity contribution in [2.24, 2.45) is 0 Å². The lowest BCUT2D eigenvalue weighted by Gasteiger charge is -2.09. The number of carbonyl (C=O) groups is 2. The minimum atomic E-state index is -1.10. The molecule has 1 atom stereocenters. The Morgan fingerprint density at radius 2 is 1.88 bits per heavy atom. The number of hydrogen-bond donors (Lipinski definition) is 3. The molecule has 1 aromatic rings. The number of carboxylic acids is 1. The van der Waals surface area contributed by atoms with Crippen LogP contribution in [0.3, 0.4) is 0 Å². The summed E-state index contributed by atoms with van der Waals surface area (Å²) in [7, 11) is 0. The Hall–Kier alpha value is -1.88. The van der Waals surface area contributed by atoms with Crippen molar-refractivity contribution >= 4 is 11.9 Å². The average molecular weight is 223 g/mol. The van der Waals surface area contributed by atoms with E-state index in [4.69, 9.17) is 5.11 Å². The van der Waals surface area contributed by atoms with Gasteiger partial charge in [-0.2, -0.15) is 0 Å². The van der Waals surface area contributed by atoms with Crippen LogP contribution in [-0.4, -0.2) is 34.7 Å². The Morgan fingerprint density at radius 3 is 2.44 bits per heavy atom. The van der Waals surface area contributed by atoms with E-state index in [0.717, 1.165) is 0 Å². The molecule has 86 valence electrons. The molecule has 0 radical (unpaired) electrons. The van der Waals surface area contributed by atoms with Gasteiger partial charge in [-0.15, -0.1) is 0 Å². The quantitative estimate of drug-likeness (QED) is 0.668. The van der Waals surface area contributed by atoms with Crippen LogP contribution in [0.15, 0.2) is 30.3 Å². The first kappa shape index (κ1) is 12.2. The molecule has 0 aliphatic heterocycles. The number of carboxylic acid groups (broad SMARTS) is 1. The molecule has 0 saturated carbocycles. The fourth-order valence-corrected chi connectivity index (χ4v) is 1.18. The van der Waals surface area contributed by atoms with Crippen molar-refractivity contribution in [1.82, 2.24) is 5.32 Å². The molecule has 16 heavy (non-hydrogen) atoms. The fourth-order valence-electron chi connectivity index (χ4n) is 1.18. The van der Waals surface area contributed by atoms with Gasteiger partial charge in [-0.1, -0.05) is 18.2 Å². The summed E-state index contributed by atoms with van der Waals surface area (Å²) in [5.74, 6) is -1.42. The zero-order valence-corrected chi connectivity index (χ0v) is 8.59. The van der Waals surface area contributed by atoms with Crippen LogP contribution in [0.5, 0.6) is 0 Å². The maximum Gasteiger partial charge on any atom is 0.306 e. The van der Waals surface area contributed by atoms with Gasteiger partial charge >= 0.3 is 5.97 Å². The Labute approximate surface area is 92.7 Å². The van der Waals surface area contributed by atoms with E-state index < -0.39 is 12.1 Å². The molecule has 0 spiro atoms. The molecular weight excluding hydrogens is 210 g/mol. The van der Waals surface area contributed by atoms with E-state index in [1.54, 1.807) is 30.3 Å². The summed E-state index contributed by atoms with van der Waals surface area (Å²) >= 11 is 0. The standard InChI is InChI=1S/C11H13NO4/c13-9(6-10(14)15)7-12-11(16)8-4-2-1-3-5-8/h1-5,9,13H,6-7H2,(H,12,16)(H,14,15). The third kappa shape index (κ3) is 4.10. The highest BCUT2D eigenvalue weighted by molar-refractivity contribution is 5.94. The summed E-state index contributed by atoms with van der Waals surface area (Å²) in [6, 6.07) is 8.51. The van der Waals surface area contributed by atoms with Gasteiger partial charge in [-0.25, -0.2) is 0 Å². The summed E-state index contributed by atoms with van der Waals surface area (Å²) in [6.45, 7) is -0.0694. The third-order valence-electron chi connectivity index (χ3n) is 1.94.